The third-order valence-corrected chi connectivity index (χ3v) is 6.66. The van der Waals surface area contributed by atoms with Crippen LogP contribution in [0, 0.1) is 6.92 Å². The zero-order valence-electron chi connectivity index (χ0n) is 19.4. The monoisotopic (exact) mass is 477 g/mol. The molecule has 0 saturated carbocycles. The number of rotatable bonds is 6. The number of carbonyl (C=O) groups excluding carboxylic acids is 2. The highest BCUT2D eigenvalue weighted by molar-refractivity contribution is 7.89. The van der Waals surface area contributed by atoms with Gasteiger partial charge in [0.15, 0.2) is 0 Å². The van der Waals surface area contributed by atoms with E-state index >= 15 is 0 Å². The number of sulfonamides is 1. The topological polar surface area (TPSA) is 118 Å². The minimum Gasteiger partial charge on any atom is -0.468 e. The van der Waals surface area contributed by atoms with Crippen LogP contribution in [0.2, 0.25) is 0 Å². The Morgan fingerprint density at radius 3 is 2.48 bits per heavy atom. The lowest BCUT2D eigenvalue weighted by Gasteiger charge is -2.33. The lowest BCUT2D eigenvalue weighted by molar-refractivity contribution is 0.0199. The summed E-state index contributed by atoms with van der Waals surface area (Å²) in [6.07, 6.45) is 2.29. The Balaban J connectivity index is 1.61. The molecule has 1 aliphatic rings. The van der Waals surface area contributed by atoms with Gasteiger partial charge in [0.2, 0.25) is 10.0 Å². The molecule has 3 rings (SSSR count). The molecule has 0 radical (unpaired) electrons. The Hall–Kier alpha value is -2.85. The molecule has 33 heavy (non-hydrogen) atoms. The Labute approximate surface area is 194 Å². The molecule has 180 valence electrons. The standard InChI is InChI=1S/C23H31N3O6S/c1-16-7-8-19(33(29,30)24-15-18-6-5-13-31-18)14-20(16)21(27)25-17-9-11-26(12-10-17)22(28)32-23(2,3)4/h5-8,13-14,17,24H,9-12,15H2,1-4H3,(H,25,27). The third-order valence-electron chi connectivity index (χ3n) is 5.26. The van der Waals surface area contributed by atoms with E-state index in [0.29, 0.717) is 42.8 Å². The Bertz CT molecular complexity index is 1080. The third kappa shape index (κ3) is 6.82. The van der Waals surface area contributed by atoms with Crippen molar-refractivity contribution in [1.29, 1.82) is 0 Å². The highest BCUT2D eigenvalue weighted by Gasteiger charge is 2.28. The number of ether oxygens (including phenoxy) is 1. The summed E-state index contributed by atoms with van der Waals surface area (Å²) in [5.74, 6) is 0.146. The number of piperidine rings is 1. The SMILES string of the molecule is Cc1ccc(S(=O)(=O)NCc2ccco2)cc1C(=O)NC1CCN(C(=O)OC(C)(C)C)CC1. The summed E-state index contributed by atoms with van der Waals surface area (Å²) in [7, 11) is -3.82. The molecule has 1 fully saturated rings. The van der Waals surface area contributed by atoms with Crippen LogP contribution in [0.15, 0.2) is 45.9 Å². The van der Waals surface area contributed by atoms with Crippen LogP contribution in [0.5, 0.6) is 0 Å². The maximum absolute atomic E-state index is 12.9. The van der Waals surface area contributed by atoms with E-state index in [1.807, 2.05) is 20.8 Å². The highest BCUT2D eigenvalue weighted by atomic mass is 32.2. The summed E-state index contributed by atoms with van der Waals surface area (Å²) >= 11 is 0. The van der Waals surface area contributed by atoms with Crippen LogP contribution >= 0.6 is 0 Å². The lowest BCUT2D eigenvalue weighted by atomic mass is 10.0. The normalized spacial score (nSPS) is 15.3. The van der Waals surface area contributed by atoms with Gasteiger partial charge in [-0.25, -0.2) is 17.9 Å². The second-order valence-corrected chi connectivity index (χ2v) is 10.9. The molecule has 1 aliphatic heterocycles. The van der Waals surface area contributed by atoms with Gasteiger partial charge in [0.05, 0.1) is 17.7 Å². The van der Waals surface area contributed by atoms with Crippen molar-refractivity contribution in [2.24, 2.45) is 0 Å². The van der Waals surface area contributed by atoms with E-state index in [4.69, 9.17) is 9.15 Å². The average Bonchev–Trinajstić information content (AvgIpc) is 3.25. The zero-order valence-corrected chi connectivity index (χ0v) is 20.2. The van der Waals surface area contributed by atoms with Crippen molar-refractivity contribution in [1.82, 2.24) is 14.9 Å². The molecule has 1 saturated heterocycles. The minimum absolute atomic E-state index is 0.00421. The summed E-state index contributed by atoms with van der Waals surface area (Å²) in [6.45, 7) is 8.19. The van der Waals surface area contributed by atoms with E-state index in [1.165, 1.54) is 18.4 Å². The molecule has 0 unspecified atom stereocenters. The van der Waals surface area contributed by atoms with E-state index in [9.17, 15) is 18.0 Å². The van der Waals surface area contributed by atoms with Crippen LogP contribution in [0.4, 0.5) is 4.79 Å². The summed E-state index contributed by atoms with van der Waals surface area (Å²) < 4.78 is 38.4. The van der Waals surface area contributed by atoms with Gasteiger partial charge >= 0.3 is 6.09 Å². The zero-order chi connectivity index (χ0) is 24.2. The molecule has 10 heteroatoms. The molecular weight excluding hydrogens is 446 g/mol. The maximum Gasteiger partial charge on any atom is 0.410 e. The quantitative estimate of drug-likeness (QED) is 0.660. The summed E-state index contributed by atoms with van der Waals surface area (Å²) in [5, 5.41) is 2.97. The fraction of sp³-hybridized carbons (Fsp3) is 0.478. The Morgan fingerprint density at radius 2 is 1.88 bits per heavy atom. The van der Waals surface area contributed by atoms with Gasteiger partial charge in [0.25, 0.3) is 5.91 Å². The van der Waals surface area contributed by atoms with E-state index in [2.05, 4.69) is 10.0 Å². The predicted molar refractivity (Wildman–Crippen MR) is 122 cm³/mol. The van der Waals surface area contributed by atoms with Crippen LogP contribution < -0.4 is 10.0 Å². The summed E-state index contributed by atoms with van der Waals surface area (Å²) in [6, 6.07) is 7.69. The van der Waals surface area contributed by atoms with E-state index in [-0.39, 0.29) is 29.5 Å². The molecule has 2 aromatic rings. The molecule has 1 aromatic carbocycles. The molecule has 0 spiro atoms. The Morgan fingerprint density at radius 1 is 1.18 bits per heavy atom. The number of carbonyl (C=O) groups is 2. The van der Waals surface area contributed by atoms with E-state index in [0.717, 1.165) is 0 Å². The number of furan rings is 1. The molecule has 9 nitrogen and oxygen atoms in total. The number of likely N-dealkylation sites (tertiary alicyclic amines) is 1. The first-order valence-electron chi connectivity index (χ1n) is 10.9. The second kappa shape index (κ2) is 9.96. The molecule has 1 aromatic heterocycles. The van der Waals surface area contributed by atoms with Gasteiger partial charge in [0.1, 0.15) is 11.4 Å². The minimum atomic E-state index is -3.82. The molecular formula is C23H31N3O6S. The number of nitrogens with zero attached hydrogens (tertiary/aromatic N) is 1. The molecule has 2 heterocycles. The summed E-state index contributed by atoms with van der Waals surface area (Å²) in [4.78, 5) is 26.8. The van der Waals surface area contributed by atoms with Crippen LogP contribution in [-0.4, -0.2) is 50.1 Å². The smallest absolute Gasteiger partial charge is 0.410 e. The average molecular weight is 478 g/mol. The summed E-state index contributed by atoms with van der Waals surface area (Å²) in [5.41, 5.74) is 0.409. The predicted octanol–water partition coefficient (Wildman–Crippen LogP) is 3.20. The molecule has 2 amide bonds. The number of hydrogen-bond acceptors (Lipinski definition) is 6. The fourth-order valence-corrected chi connectivity index (χ4v) is 4.49. The number of hydrogen-bond donors (Lipinski definition) is 2. The molecule has 2 N–H and O–H groups in total. The Kier molecular flexibility index (Phi) is 7.48. The van der Waals surface area contributed by atoms with Gasteiger partial charge in [-0.15, -0.1) is 0 Å². The second-order valence-electron chi connectivity index (χ2n) is 9.10. The van der Waals surface area contributed by atoms with Crippen molar-refractivity contribution in [3.05, 3.63) is 53.5 Å². The molecule has 0 aliphatic carbocycles. The van der Waals surface area contributed by atoms with Crippen molar-refractivity contribution in [2.75, 3.05) is 13.1 Å². The molecule has 0 atom stereocenters. The van der Waals surface area contributed by atoms with Gasteiger partial charge in [-0.05, 0) is 70.4 Å². The lowest BCUT2D eigenvalue weighted by Crippen LogP contribution is -2.47. The van der Waals surface area contributed by atoms with Gasteiger partial charge < -0.3 is 19.4 Å². The first-order valence-corrected chi connectivity index (χ1v) is 12.3. The number of nitrogens with one attached hydrogen (secondary N) is 2. The largest absolute Gasteiger partial charge is 0.468 e. The van der Waals surface area contributed by atoms with Gasteiger partial charge in [-0.2, -0.15) is 0 Å². The van der Waals surface area contributed by atoms with Crippen LogP contribution in [0.3, 0.4) is 0 Å². The fourth-order valence-electron chi connectivity index (χ4n) is 3.47. The van der Waals surface area contributed by atoms with Crippen molar-refractivity contribution < 1.29 is 27.2 Å². The van der Waals surface area contributed by atoms with Crippen molar-refractivity contribution in [3.8, 4) is 0 Å². The van der Waals surface area contributed by atoms with Crippen LogP contribution in [0.25, 0.3) is 0 Å². The van der Waals surface area contributed by atoms with Gasteiger partial charge in [-0.3, -0.25) is 4.79 Å². The van der Waals surface area contributed by atoms with Gasteiger partial charge in [-0.1, -0.05) is 6.07 Å². The molecule has 0 bridgehead atoms. The first-order chi connectivity index (χ1) is 15.4. The number of aryl methyl sites for hydroxylation is 1. The van der Waals surface area contributed by atoms with Gasteiger partial charge in [0, 0.05) is 24.7 Å². The van der Waals surface area contributed by atoms with Crippen LogP contribution in [0.1, 0.15) is 55.3 Å². The van der Waals surface area contributed by atoms with E-state index in [1.54, 1.807) is 30.0 Å². The van der Waals surface area contributed by atoms with Crippen molar-refractivity contribution in [2.45, 2.75) is 63.6 Å². The maximum atomic E-state index is 12.9. The number of benzene rings is 1. The van der Waals surface area contributed by atoms with Crippen molar-refractivity contribution in [3.63, 3.8) is 0 Å². The van der Waals surface area contributed by atoms with E-state index < -0.39 is 15.6 Å². The first kappa shape index (κ1) is 24.8. The number of amides is 2. The van der Waals surface area contributed by atoms with Crippen LogP contribution in [-0.2, 0) is 21.3 Å². The van der Waals surface area contributed by atoms with Crippen molar-refractivity contribution >= 4 is 22.0 Å². The highest BCUT2D eigenvalue weighted by Crippen LogP contribution is 2.19.